The molecule has 0 aromatic heterocycles. The molecule has 0 unspecified atom stereocenters. The smallest absolute Gasteiger partial charge is 0.168 e. The Hall–Kier alpha value is -1.87. The molecule has 112 valence electrons. The maximum absolute atomic E-state index is 13.9. The van der Waals surface area contributed by atoms with Crippen molar-refractivity contribution in [2.24, 2.45) is 0 Å². The lowest BCUT2D eigenvalue weighted by atomic mass is 10.1. The standard InChI is InChI=1S/C18H21FO2/c1-3-4-6-14-9-11-15(12-10-14)21-18-16(13(2)20)7-5-8-17(18)19/h5,7-13,20H,3-4,6H2,1-2H3/t13-/m1/s1. The molecule has 0 saturated carbocycles. The summed E-state index contributed by atoms with van der Waals surface area (Å²) in [5, 5.41) is 9.70. The molecule has 21 heavy (non-hydrogen) atoms. The highest BCUT2D eigenvalue weighted by Crippen LogP contribution is 2.32. The number of hydrogen-bond donors (Lipinski definition) is 1. The summed E-state index contributed by atoms with van der Waals surface area (Å²) in [5.74, 6) is 0.194. The maximum Gasteiger partial charge on any atom is 0.168 e. The number of aliphatic hydroxyl groups is 1. The zero-order chi connectivity index (χ0) is 15.2. The topological polar surface area (TPSA) is 29.5 Å². The highest BCUT2D eigenvalue weighted by molar-refractivity contribution is 5.40. The second kappa shape index (κ2) is 7.23. The van der Waals surface area contributed by atoms with Gasteiger partial charge in [0.05, 0.1) is 6.10 Å². The van der Waals surface area contributed by atoms with Crippen molar-refractivity contribution in [2.45, 2.75) is 39.2 Å². The molecule has 0 fully saturated rings. The van der Waals surface area contributed by atoms with Gasteiger partial charge in [-0.25, -0.2) is 4.39 Å². The molecule has 1 atom stereocenters. The predicted octanol–water partition coefficient (Wildman–Crippen LogP) is 5.01. The molecule has 2 nitrogen and oxygen atoms in total. The monoisotopic (exact) mass is 288 g/mol. The normalized spacial score (nSPS) is 12.2. The van der Waals surface area contributed by atoms with Crippen molar-refractivity contribution >= 4 is 0 Å². The lowest BCUT2D eigenvalue weighted by Crippen LogP contribution is -1.98. The number of para-hydroxylation sites is 1. The van der Waals surface area contributed by atoms with Gasteiger partial charge in [-0.1, -0.05) is 37.6 Å². The van der Waals surface area contributed by atoms with Gasteiger partial charge in [-0.3, -0.25) is 0 Å². The SMILES string of the molecule is CCCCc1ccc(Oc2c(F)cccc2[C@@H](C)O)cc1. The van der Waals surface area contributed by atoms with Gasteiger partial charge in [0.1, 0.15) is 5.75 Å². The van der Waals surface area contributed by atoms with Gasteiger partial charge in [0.2, 0.25) is 0 Å². The number of aliphatic hydroxyl groups excluding tert-OH is 1. The van der Waals surface area contributed by atoms with Crippen molar-refractivity contribution in [3.8, 4) is 11.5 Å². The van der Waals surface area contributed by atoms with E-state index in [1.165, 1.54) is 11.6 Å². The molecule has 0 bridgehead atoms. The van der Waals surface area contributed by atoms with Gasteiger partial charge in [0, 0.05) is 5.56 Å². The largest absolute Gasteiger partial charge is 0.454 e. The van der Waals surface area contributed by atoms with E-state index in [-0.39, 0.29) is 5.75 Å². The average Bonchev–Trinajstić information content (AvgIpc) is 2.48. The van der Waals surface area contributed by atoms with Crippen LogP contribution < -0.4 is 4.74 Å². The molecule has 2 aromatic carbocycles. The molecule has 0 aliphatic rings. The van der Waals surface area contributed by atoms with Gasteiger partial charge in [-0.15, -0.1) is 0 Å². The van der Waals surface area contributed by atoms with E-state index in [1.807, 2.05) is 24.3 Å². The highest BCUT2D eigenvalue weighted by atomic mass is 19.1. The molecule has 0 aliphatic carbocycles. The number of benzene rings is 2. The van der Waals surface area contributed by atoms with E-state index in [4.69, 9.17) is 4.74 Å². The summed E-state index contributed by atoms with van der Waals surface area (Å²) in [5.41, 5.74) is 1.69. The van der Waals surface area contributed by atoms with E-state index < -0.39 is 11.9 Å². The Bertz CT molecular complexity index is 576. The number of aryl methyl sites for hydroxylation is 1. The molecule has 0 spiro atoms. The zero-order valence-corrected chi connectivity index (χ0v) is 12.5. The van der Waals surface area contributed by atoms with Crippen LogP contribution in [0.15, 0.2) is 42.5 Å². The van der Waals surface area contributed by atoms with E-state index >= 15 is 0 Å². The molecule has 0 heterocycles. The molecular weight excluding hydrogens is 267 g/mol. The van der Waals surface area contributed by atoms with Crippen molar-refractivity contribution in [3.05, 3.63) is 59.4 Å². The summed E-state index contributed by atoms with van der Waals surface area (Å²) in [6.07, 6.45) is 2.57. The van der Waals surface area contributed by atoms with Gasteiger partial charge in [0.15, 0.2) is 11.6 Å². The van der Waals surface area contributed by atoms with Crippen LogP contribution in [0, 0.1) is 5.82 Å². The molecule has 3 heteroatoms. The number of rotatable bonds is 6. The highest BCUT2D eigenvalue weighted by Gasteiger charge is 2.14. The van der Waals surface area contributed by atoms with Crippen LogP contribution in [0.5, 0.6) is 11.5 Å². The number of halogens is 1. The van der Waals surface area contributed by atoms with Gasteiger partial charge in [-0.05, 0) is 43.5 Å². The van der Waals surface area contributed by atoms with E-state index in [9.17, 15) is 9.50 Å². The molecule has 0 radical (unpaired) electrons. The molecule has 0 aliphatic heterocycles. The quantitative estimate of drug-likeness (QED) is 0.809. The van der Waals surface area contributed by atoms with Crippen molar-refractivity contribution in [1.29, 1.82) is 0 Å². The summed E-state index contributed by atoms with van der Waals surface area (Å²) in [6, 6.07) is 12.2. The molecule has 1 N–H and O–H groups in total. The predicted molar refractivity (Wildman–Crippen MR) is 82.2 cm³/mol. The van der Waals surface area contributed by atoms with Crippen LogP contribution in [0.3, 0.4) is 0 Å². The van der Waals surface area contributed by atoms with Crippen molar-refractivity contribution < 1.29 is 14.2 Å². The van der Waals surface area contributed by atoms with Gasteiger partial charge in [-0.2, -0.15) is 0 Å². The number of unbranched alkanes of at least 4 members (excludes halogenated alkanes) is 1. The summed E-state index contributed by atoms with van der Waals surface area (Å²) >= 11 is 0. The molecule has 0 saturated heterocycles. The molecule has 2 rings (SSSR count). The minimum absolute atomic E-state index is 0.0915. The van der Waals surface area contributed by atoms with Crippen LogP contribution in [0.2, 0.25) is 0 Å². The minimum atomic E-state index is -0.778. The Morgan fingerprint density at radius 2 is 1.86 bits per heavy atom. The third-order valence-electron chi connectivity index (χ3n) is 3.41. The first-order valence-electron chi connectivity index (χ1n) is 7.35. The van der Waals surface area contributed by atoms with Crippen molar-refractivity contribution in [2.75, 3.05) is 0 Å². The Kier molecular flexibility index (Phi) is 5.34. The zero-order valence-electron chi connectivity index (χ0n) is 12.5. The lowest BCUT2D eigenvalue weighted by molar-refractivity contribution is 0.194. The van der Waals surface area contributed by atoms with Crippen LogP contribution >= 0.6 is 0 Å². The van der Waals surface area contributed by atoms with Crippen LogP contribution in [0.1, 0.15) is 43.9 Å². The second-order valence-corrected chi connectivity index (χ2v) is 5.18. The summed E-state index contributed by atoms with van der Waals surface area (Å²) in [7, 11) is 0. The van der Waals surface area contributed by atoms with E-state index in [0.717, 1.165) is 19.3 Å². The van der Waals surface area contributed by atoms with E-state index in [1.54, 1.807) is 19.1 Å². The average molecular weight is 288 g/mol. The summed E-state index contributed by atoms with van der Waals surface area (Å²) in [4.78, 5) is 0. The first-order valence-corrected chi connectivity index (χ1v) is 7.35. The Morgan fingerprint density at radius 3 is 2.48 bits per heavy atom. The van der Waals surface area contributed by atoms with Gasteiger partial charge < -0.3 is 9.84 Å². The van der Waals surface area contributed by atoms with Crippen LogP contribution in [0.4, 0.5) is 4.39 Å². The fraction of sp³-hybridized carbons (Fsp3) is 0.333. The Morgan fingerprint density at radius 1 is 1.14 bits per heavy atom. The third kappa shape index (κ3) is 4.05. The summed E-state index contributed by atoms with van der Waals surface area (Å²) < 4.78 is 19.5. The van der Waals surface area contributed by atoms with Crippen LogP contribution in [0.25, 0.3) is 0 Å². The third-order valence-corrected chi connectivity index (χ3v) is 3.41. The first-order chi connectivity index (χ1) is 10.1. The first kappa shape index (κ1) is 15.5. The fourth-order valence-electron chi connectivity index (χ4n) is 2.19. The fourth-order valence-corrected chi connectivity index (χ4v) is 2.19. The van der Waals surface area contributed by atoms with Crippen LogP contribution in [-0.4, -0.2) is 5.11 Å². The molecule has 0 amide bonds. The number of hydrogen-bond acceptors (Lipinski definition) is 2. The van der Waals surface area contributed by atoms with Crippen LogP contribution in [-0.2, 0) is 6.42 Å². The molecule has 2 aromatic rings. The summed E-state index contributed by atoms with van der Waals surface area (Å²) in [6.45, 7) is 3.75. The number of ether oxygens (including phenoxy) is 1. The van der Waals surface area contributed by atoms with Gasteiger partial charge >= 0.3 is 0 Å². The lowest BCUT2D eigenvalue weighted by Gasteiger charge is -2.14. The Balaban J connectivity index is 2.18. The van der Waals surface area contributed by atoms with Gasteiger partial charge in [0.25, 0.3) is 0 Å². The van der Waals surface area contributed by atoms with E-state index in [2.05, 4.69) is 6.92 Å². The second-order valence-electron chi connectivity index (χ2n) is 5.18. The Labute approximate surface area is 125 Å². The van der Waals surface area contributed by atoms with Crippen molar-refractivity contribution in [3.63, 3.8) is 0 Å². The van der Waals surface area contributed by atoms with E-state index in [0.29, 0.717) is 11.3 Å². The van der Waals surface area contributed by atoms with Crippen molar-refractivity contribution in [1.82, 2.24) is 0 Å². The molecular formula is C18H21FO2. The minimum Gasteiger partial charge on any atom is -0.454 e. The maximum atomic E-state index is 13.9.